The Morgan fingerprint density at radius 1 is 0.810 bits per heavy atom. The first-order valence-corrected chi connectivity index (χ1v) is 6.66. The maximum atomic E-state index is 5.75. The van der Waals surface area contributed by atoms with E-state index in [0.717, 1.165) is 11.3 Å². The molecule has 0 aliphatic heterocycles. The van der Waals surface area contributed by atoms with Gasteiger partial charge >= 0.3 is 0 Å². The van der Waals surface area contributed by atoms with E-state index in [1.165, 1.54) is 0 Å². The molecule has 103 valence electrons. The van der Waals surface area contributed by atoms with Gasteiger partial charge < -0.3 is 4.74 Å². The molecule has 0 bridgehead atoms. The van der Waals surface area contributed by atoms with Crippen LogP contribution in [0.4, 0.5) is 11.6 Å². The molecule has 4 heteroatoms. The monoisotopic (exact) mass is 276 g/mol. The summed E-state index contributed by atoms with van der Waals surface area (Å²) in [7, 11) is 0. The summed E-state index contributed by atoms with van der Waals surface area (Å²) in [6.07, 6.45) is 3.39. The van der Waals surface area contributed by atoms with E-state index in [1.54, 1.807) is 18.5 Å². The van der Waals surface area contributed by atoms with Gasteiger partial charge in [0.25, 0.3) is 0 Å². The summed E-state index contributed by atoms with van der Waals surface area (Å²) in [6, 6.07) is 19.2. The van der Waals surface area contributed by atoms with Crippen molar-refractivity contribution in [1.29, 1.82) is 0 Å². The molecule has 3 aromatic rings. The van der Waals surface area contributed by atoms with E-state index in [0.29, 0.717) is 18.2 Å². The Bertz CT molecular complexity index is 687. The van der Waals surface area contributed by atoms with Gasteiger partial charge in [0.1, 0.15) is 12.4 Å². The lowest BCUT2D eigenvalue weighted by Crippen LogP contribution is -1.98. The molecule has 4 nitrogen and oxygen atoms in total. The molecule has 3 rings (SSSR count). The van der Waals surface area contributed by atoms with Gasteiger partial charge in [-0.15, -0.1) is 0 Å². The van der Waals surface area contributed by atoms with E-state index >= 15 is 0 Å². The van der Waals surface area contributed by atoms with E-state index in [-0.39, 0.29) is 0 Å². The highest BCUT2D eigenvalue weighted by atomic mass is 16.5. The summed E-state index contributed by atoms with van der Waals surface area (Å²) in [6.45, 7) is 0.522. The topological polar surface area (TPSA) is 49.1 Å². The molecule has 1 aromatic carbocycles. The number of benzene rings is 1. The smallest absolute Gasteiger partial charge is 0.157 e. The lowest BCUT2D eigenvalue weighted by molar-refractivity contribution is 0.306. The molecule has 0 N–H and O–H groups in total. The molecule has 2 aromatic heterocycles. The number of hydrogen-bond donors (Lipinski definition) is 0. The third-order valence-corrected chi connectivity index (χ3v) is 2.84. The van der Waals surface area contributed by atoms with Gasteiger partial charge in [-0.1, -0.05) is 36.4 Å². The van der Waals surface area contributed by atoms with Crippen LogP contribution >= 0.6 is 0 Å². The Labute approximate surface area is 123 Å². The Balaban J connectivity index is 1.66. The second-order valence-electron chi connectivity index (χ2n) is 4.42. The van der Waals surface area contributed by atoms with Crippen LogP contribution in [0.5, 0.6) is 5.75 Å². The van der Waals surface area contributed by atoms with Crippen LogP contribution in [-0.2, 0) is 6.61 Å². The normalized spacial score (nSPS) is 10.1. The van der Waals surface area contributed by atoms with Gasteiger partial charge in [0.2, 0.25) is 0 Å². The van der Waals surface area contributed by atoms with Crippen LogP contribution in [0, 0.1) is 0 Å². The highest BCUT2D eigenvalue weighted by Crippen LogP contribution is 2.19. The molecular formula is C17H14N3O. The predicted molar refractivity (Wildman–Crippen MR) is 80.7 cm³/mol. The fourth-order valence-corrected chi connectivity index (χ4v) is 1.83. The zero-order valence-corrected chi connectivity index (χ0v) is 11.4. The van der Waals surface area contributed by atoms with E-state index in [2.05, 4.69) is 15.3 Å². The van der Waals surface area contributed by atoms with E-state index in [1.807, 2.05) is 54.6 Å². The summed E-state index contributed by atoms with van der Waals surface area (Å²) >= 11 is 0. The van der Waals surface area contributed by atoms with Crippen LogP contribution in [0.15, 0.2) is 73.1 Å². The third kappa shape index (κ3) is 3.79. The molecule has 1 radical (unpaired) electrons. The first-order valence-electron chi connectivity index (χ1n) is 6.66. The van der Waals surface area contributed by atoms with Crippen LogP contribution in [0.25, 0.3) is 0 Å². The number of ether oxygens (including phenoxy) is 1. The van der Waals surface area contributed by atoms with Crippen molar-refractivity contribution in [2.75, 3.05) is 0 Å². The number of rotatable bonds is 5. The van der Waals surface area contributed by atoms with Crippen LogP contribution in [0.2, 0.25) is 0 Å². The second kappa shape index (κ2) is 6.52. The van der Waals surface area contributed by atoms with Crippen LogP contribution in [-0.4, -0.2) is 9.97 Å². The fourth-order valence-electron chi connectivity index (χ4n) is 1.83. The molecule has 0 unspecified atom stereocenters. The molecular weight excluding hydrogens is 262 g/mol. The predicted octanol–water partition coefficient (Wildman–Crippen LogP) is 3.62. The zero-order valence-electron chi connectivity index (χ0n) is 11.4. The van der Waals surface area contributed by atoms with Crippen LogP contribution < -0.4 is 10.1 Å². The molecule has 2 heterocycles. The molecule has 0 atom stereocenters. The van der Waals surface area contributed by atoms with Crippen molar-refractivity contribution in [2.24, 2.45) is 0 Å². The van der Waals surface area contributed by atoms with E-state index in [9.17, 15) is 0 Å². The molecule has 0 saturated heterocycles. The van der Waals surface area contributed by atoms with Crippen molar-refractivity contribution in [3.63, 3.8) is 0 Å². The van der Waals surface area contributed by atoms with E-state index in [4.69, 9.17) is 4.74 Å². The average Bonchev–Trinajstić information content (AvgIpc) is 2.55. The molecule has 0 fully saturated rings. The minimum atomic E-state index is 0.522. The van der Waals surface area contributed by atoms with Crippen molar-refractivity contribution in [1.82, 2.24) is 15.3 Å². The Morgan fingerprint density at radius 3 is 2.43 bits per heavy atom. The van der Waals surface area contributed by atoms with Gasteiger partial charge in [-0.3, -0.25) is 0 Å². The third-order valence-electron chi connectivity index (χ3n) is 2.84. The summed E-state index contributed by atoms with van der Waals surface area (Å²) < 4.78 is 5.75. The van der Waals surface area contributed by atoms with Crippen LogP contribution in [0.1, 0.15) is 5.56 Å². The van der Waals surface area contributed by atoms with Gasteiger partial charge in [-0.2, -0.15) is 0 Å². The van der Waals surface area contributed by atoms with Crippen molar-refractivity contribution in [2.45, 2.75) is 6.61 Å². The number of hydrogen-bond acceptors (Lipinski definition) is 3. The summed E-state index contributed by atoms with van der Waals surface area (Å²) in [5, 5.41) is 4.35. The Kier molecular flexibility index (Phi) is 4.07. The average molecular weight is 276 g/mol. The Morgan fingerprint density at radius 2 is 1.62 bits per heavy atom. The van der Waals surface area contributed by atoms with Gasteiger partial charge in [-0.25, -0.2) is 15.3 Å². The standard InChI is InChI=1S/C17H14N3O/c1-2-6-14(7-3-1)13-21-15-9-11-19-17(12-15)20-16-8-4-5-10-18-16/h1-12H,13H2. The van der Waals surface area contributed by atoms with Crippen molar-refractivity contribution >= 4 is 11.6 Å². The SMILES string of the molecule is c1ccc(COc2ccnc([N]c3ccccn3)c2)cc1. The molecule has 0 aliphatic carbocycles. The number of pyridine rings is 2. The zero-order chi connectivity index (χ0) is 14.3. The largest absolute Gasteiger partial charge is 0.489 e. The quantitative estimate of drug-likeness (QED) is 0.715. The molecule has 0 spiro atoms. The minimum Gasteiger partial charge on any atom is -0.489 e. The molecule has 0 aliphatic rings. The Hall–Kier alpha value is -2.88. The first-order chi connectivity index (χ1) is 10.4. The molecule has 0 saturated carbocycles. The van der Waals surface area contributed by atoms with Gasteiger partial charge in [0.15, 0.2) is 11.6 Å². The highest BCUT2D eigenvalue weighted by molar-refractivity contribution is 5.42. The first kappa shape index (κ1) is 13.1. The number of aromatic nitrogens is 2. The lowest BCUT2D eigenvalue weighted by Gasteiger charge is -2.07. The van der Waals surface area contributed by atoms with Crippen LogP contribution in [0.3, 0.4) is 0 Å². The maximum absolute atomic E-state index is 5.75. The van der Waals surface area contributed by atoms with Gasteiger partial charge in [0.05, 0.1) is 0 Å². The van der Waals surface area contributed by atoms with E-state index < -0.39 is 0 Å². The maximum Gasteiger partial charge on any atom is 0.157 e. The summed E-state index contributed by atoms with van der Waals surface area (Å²) in [5.41, 5.74) is 1.12. The highest BCUT2D eigenvalue weighted by Gasteiger charge is 2.02. The fraction of sp³-hybridized carbons (Fsp3) is 0.0588. The molecule has 0 amide bonds. The number of nitrogens with zero attached hydrogens (tertiary/aromatic N) is 3. The van der Waals surface area contributed by atoms with Gasteiger partial charge in [-0.05, 0) is 23.8 Å². The van der Waals surface area contributed by atoms with Crippen molar-refractivity contribution in [3.8, 4) is 5.75 Å². The minimum absolute atomic E-state index is 0.522. The van der Waals surface area contributed by atoms with Crippen molar-refractivity contribution in [3.05, 3.63) is 78.6 Å². The van der Waals surface area contributed by atoms with Gasteiger partial charge in [0, 0.05) is 18.5 Å². The summed E-state index contributed by atoms with van der Waals surface area (Å²) in [4.78, 5) is 8.35. The second-order valence-corrected chi connectivity index (χ2v) is 4.42. The molecule has 21 heavy (non-hydrogen) atoms. The van der Waals surface area contributed by atoms with Crippen molar-refractivity contribution < 1.29 is 4.74 Å². The summed E-state index contributed by atoms with van der Waals surface area (Å²) in [5.74, 6) is 1.95. The lowest BCUT2D eigenvalue weighted by atomic mass is 10.2.